The van der Waals surface area contributed by atoms with Crippen molar-refractivity contribution in [3.63, 3.8) is 0 Å². The first-order valence-corrected chi connectivity index (χ1v) is 5.60. The predicted molar refractivity (Wildman–Crippen MR) is 65.6 cm³/mol. The normalized spacial score (nSPS) is 10.4. The lowest BCUT2D eigenvalue weighted by molar-refractivity contribution is -0.116. The van der Waals surface area contributed by atoms with Gasteiger partial charge in [0, 0.05) is 32.4 Å². The molecule has 100 valence electrons. The maximum absolute atomic E-state index is 11.6. The summed E-state index contributed by atoms with van der Waals surface area (Å²) in [5.74, 6) is -1.26. The highest BCUT2D eigenvalue weighted by atomic mass is 16.4. The minimum Gasteiger partial charge on any atom is -0.476 e. The van der Waals surface area contributed by atoms with E-state index in [9.17, 15) is 9.59 Å². The Bertz CT molecular complexity index is 601. The van der Waals surface area contributed by atoms with E-state index >= 15 is 0 Å². The molecule has 2 aromatic rings. The van der Waals surface area contributed by atoms with Gasteiger partial charge in [-0.3, -0.25) is 14.2 Å². The molecule has 19 heavy (non-hydrogen) atoms. The van der Waals surface area contributed by atoms with Gasteiger partial charge in [-0.15, -0.1) is 0 Å². The average molecular weight is 263 g/mol. The fourth-order valence-electron chi connectivity index (χ4n) is 1.53. The van der Waals surface area contributed by atoms with E-state index in [2.05, 4.69) is 15.5 Å². The SMILES string of the molecule is Cn1cc(NC(=O)CCn2ccc(C(=O)O)n2)cn1. The molecule has 1 amide bonds. The number of anilines is 1. The molecule has 2 N–H and O–H groups in total. The first kappa shape index (κ1) is 12.8. The van der Waals surface area contributed by atoms with Crippen molar-refractivity contribution in [2.45, 2.75) is 13.0 Å². The Morgan fingerprint density at radius 3 is 2.84 bits per heavy atom. The Hall–Kier alpha value is -2.64. The number of nitrogens with one attached hydrogen (secondary N) is 1. The molecular formula is C11H13N5O3. The molecule has 0 radical (unpaired) electrons. The van der Waals surface area contributed by atoms with Gasteiger partial charge in [0.15, 0.2) is 5.69 Å². The molecule has 0 aliphatic rings. The average Bonchev–Trinajstić information content (AvgIpc) is 2.96. The largest absolute Gasteiger partial charge is 0.476 e. The van der Waals surface area contributed by atoms with Crippen molar-refractivity contribution in [1.29, 1.82) is 0 Å². The molecule has 0 aliphatic carbocycles. The lowest BCUT2D eigenvalue weighted by Crippen LogP contribution is -2.14. The number of carboxylic acid groups (broad SMARTS) is 1. The van der Waals surface area contributed by atoms with Crippen molar-refractivity contribution in [3.05, 3.63) is 30.4 Å². The summed E-state index contributed by atoms with van der Waals surface area (Å²) < 4.78 is 3.01. The van der Waals surface area contributed by atoms with Crippen LogP contribution in [0.15, 0.2) is 24.7 Å². The van der Waals surface area contributed by atoms with Crippen LogP contribution >= 0.6 is 0 Å². The summed E-state index contributed by atoms with van der Waals surface area (Å²) in [6, 6.07) is 1.39. The molecule has 0 fully saturated rings. The van der Waals surface area contributed by atoms with Gasteiger partial charge >= 0.3 is 5.97 Å². The molecule has 8 nitrogen and oxygen atoms in total. The molecule has 0 saturated heterocycles. The lowest BCUT2D eigenvalue weighted by atomic mass is 10.4. The zero-order chi connectivity index (χ0) is 13.8. The molecule has 0 aromatic carbocycles. The fraction of sp³-hybridized carbons (Fsp3) is 0.273. The van der Waals surface area contributed by atoms with Crippen LogP contribution in [-0.2, 0) is 18.4 Å². The number of rotatable bonds is 5. The summed E-state index contributed by atoms with van der Waals surface area (Å²) in [6.07, 6.45) is 4.97. The molecule has 2 rings (SSSR count). The van der Waals surface area contributed by atoms with Crippen molar-refractivity contribution in [3.8, 4) is 0 Å². The molecule has 2 heterocycles. The summed E-state index contributed by atoms with van der Waals surface area (Å²) in [5.41, 5.74) is 0.590. The van der Waals surface area contributed by atoms with Gasteiger partial charge in [0.05, 0.1) is 11.9 Å². The number of carbonyl (C=O) groups excluding carboxylic acids is 1. The number of hydrogen-bond donors (Lipinski definition) is 2. The fourth-order valence-corrected chi connectivity index (χ4v) is 1.53. The van der Waals surface area contributed by atoms with Gasteiger partial charge < -0.3 is 10.4 Å². The van der Waals surface area contributed by atoms with E-state index in [1.165, 1.54) is 16.9 Å². The highest BCUT2D eigenvalue weighted by Gasteiger charge is 2.08. The van der Waals surface area contributed by atoms with Crippen LogP contribution in [-0.4, -0.2) is 36.5 Å². The van der Waals surface area contributed by atoms with Crippen LogP contribution in [0.5, 0.6) is 0 Å². The van der Waals surface area contributed by atoms with E-state index < -0.39 is 5.97 Å². The lowest BCUT2D eigenvalue weighted by Gasteiger charge is -2.02. The summed E-state index contributed by atoms with van der Waals surface area (Å²) in [7, 11) is 1.76. The van der Waals surface area contributed by atoms with Gasteiger partial charge in [-0.2, -0.15) is 10.2 Å². The molecule has 2 aromatic heterocycles. The second-order valence-electron chi connectivity index (χ2n) is 3.97. The van der Waals surface area contributed by atoms with Crippen LogP contribution in [0.25, 0.3) is 0 Å². The number of carboxylic acids is 1. The standard InChI is InChI=1S/C11H13N5O3/c1-15-7-8(6-12-15)13-10(17)3-5-16-4-2-9(14-16)11(18)19/h2,4,6-7H,3,5H2,1H3,(H,13,17)(H,18,19). The van der Waals surface area contributed by atoms with E-state index in [1.807, 2.05) is 0 Å². The van der Waals surface area contributed by atoms with Crippen LogP contribution in [0.4, 0.5) is 5.69 Å². The molecule has 0 bridgehead atoms. The third-order valence-electron chi connectivity index (χ3n) is 2.42. The van der Waals surface area contributed by atoms with Crippen molar-refractivity contribution in [1.82, 2.24) is 19.6 Å². The maximum atomic E-state index is 11.6. The van der Waals surface area contributed by atoms with Gasteiger partial charge in [-0.05, 0) is 6.07 Å². The van der Waals surface area contributed by atoms with Crippen LogP contribution in [0.2, 0.25) is 0 Å². The Morgan fingerprint density at radius 2 is 2.26 bits per heavy atom. The minimum absolute atomic E-state index is 0.0346. The van der Waals surface area contributed by atoms with Crippen molar-refractivity contribution < 1.29 is 14.7 Å². The first-order valence-electron chi connectivity index (χ1n) is 5.60. The zero-order valence-electron chi connectivity index (χ0n) is 10.3. The molecule has 0 saturated carbocycles. The number of aromatic nitrogens is 4. The summed E-state index contributed by atoms with van der Waals surface area (Å²) in [6.45, 7) is 0.319. The van der Waals surface area contributed by atoms with Crippen molar-refractivity contribution in [2.24, 2.45) is 7.05 Å². The summed E-state index contributed by atoms with van der Waals surface area (Å²) in [4.78, 5) is 22.3. The van der Waals surface area contributed by atoms with E-state index in [0.717, 1.165) is 0 Å². The van der Waals surface area contributed by atoms with Gasteiger partial charge in [-0.1, -0.05) is 0 Å². The van der Waals surface area contributed by atoms with E-state index in [1.54, 1.807) is 24.1 Å². The van der Waals surface area contributed by atoms with Gasteiger partial charge in [0.1, 0.15) is 0 Å². The highest BCUT2D eigenvalue weighted by molar-refractivity contribution is 5.90. The number of aromatic carboxylic acids is 1. The van der Waals surface area contributed by atoms with E-state index in [0.29, 0.717) is 12.2 Å². The van der Waals surface area contributed by atoms with Crippen molar-refractivity contribution in [2.75, 3.05) is 5.32 Å². The zero-order valence-corrected chi connectivity index (χ0v) is 10.3. The highest BCUT2D eigenvalue weighted by Crippen LogP contribution is 2.04. The third-order valence-corrected chi connectivity index (χ3v) is 2.42. The molecule has 0 spiro atoms. The predicted octanol–water partition coefficient (Wildman–Crippen LogP) is 0.344. The second kappa shape index (κ2) is 5.34. The van der Waals surface area contributed by atoms with E-state index in [-0.39, 0.29) is 18.0 Å². The van der Waals surface area contributed by atoms with E-state index in [4.69, 9.17) is 5.11 Å². The monoisotopic (exact) mass is 263 g/mol. The van der Waals surface area contributed by atoms with Crippen molar-refractivity contribution >= 4 is 17.6 Å². The first-order chi connectivity index (χ1) is 9.04. The number of aryl methyl sites for hydroxylation is 2. The van der Waals surface area contributed by atoms with Crippen LogP contribution in [0.3, 0.4) is 0 Å². The second-order valence-corrected chi connectivity index (χ2v) is 3.97. The Labute approximate surface area is 108 Å². The Balaban J connectivity index is 1.84. The smallest absolute Gasteiger partial charge is 0.356 e. The molecule has 0 unspecified atom stereocenters. The van der Waals surface area contributed by atoms with Gasteiger partial charge in [0.2, 0.25) is 5.91 Å². The van der Waals surface area contributed by atoms with Crippen LogP contribution < -0.4 is 5.32 Å². The van der Waals surface area contributed by atoms with Crippen LogP contribution in [0, 0.1) is 0 Å². The third kappa shape index (κ3) is 3.41. The molecule has 8 heteroatoms. The topological polar surface area (TPSA) is 102 Å². The molecular weight excluding hydrogens is 250 g/mol. The number of hydrogen-bond acceptors (Lipinski definition) is 4. The summed E-state index contributed by atoms with van der Waals surface area (Å²) >= 11 is 0. The summed E-state index contributed by atoms with van der Waals surface area (Å²) in [5, 5.41) is 19.1. The molecule has 0 atom stereocenters. The Morgan fingerprint density at radius 1 is 1.47 bits per heavy atom. The quantitative estimate of drug-likeness (QED) is 0.810. The van der Waals surface area contributed by atoms with Crippen LogP contribution in [0.1, 0.15) is 16.9 Å². The number of nitrogens with zero attached hydrogens (tertiary/aromatic N) is 4. The van der Waals surface area contributed by atoms with Gasteiger partial charge in [0.25, 0.3) is 0 Å². The van der Waals surface area contributed by atoms with Gasteiger partial charge in [-0.25, -0.2) is 4.79 Å². The minimum atomic E-state index is -1.08. The number of carbonyl (C=O) groups is 2. The molecule has 0 aliphatic heterocycles. The number of amides is 1. The maximum Gasteiger partial charge on any atom is 0.356 e. The Kier molecular flexibility index (Phi) is 3.60.